The molecule has 1 N–H and O–H groups in total. The number of nitrogens with zero attached hydrogens (tertiary/aromatic N) is 2. The number of carbonyl (C=O) groups excluding carboxylic acids is 2. The molecule has 0 bridgehead atoms. The van der Waals surface area contributed by atoms with E-state index in [-0.39, 0.29) is 18.4 Å². The Bertz CT molecular complexity index is 695. The summed E-state index contributed by atoms with van der Waals surface area (Å²) in [4.78, 5) is 26.3. The van der Waals surface area contributed by atoms with Crippen molar-refractivity contribution in [2.75, 3.05) is 19.6 Å². The lowest BCUT2D eigenvalue weighted by molar-refractivity contribution is -0.131. The number of piperidine rings is 1. The SMILES string of the molecule is CC1CCN(C(=O)CNC(=O)c2cc3sccc3n2C)CC1. The van der Waals surface area contributed by atoms with Crippen molar-refractivity contribution in [2.24, 2.45) is 13.0 Å². The molecule has 3 heterocycles. The lowest BCUT2D eigenvalue weighted by atomic mass is 9.99. The van der Waals surface area contributed by atoms with Gasteiger partial charge in [-0.25, -0.2) is 0 Å². The van der Waals surface area contributed by atoms with Gasteiger partial charge in [0.2, 0.25) is 5.91 Å². The minimum atomic E-state index is -0.190. The summed E-state index contributed by atoms with van der Waals surface area (Å²) in [6.45, 7) is 3.89. The highest BCUT2D eigenvalue weighted by atomic mass is 32.1. The van der Waals surface area contributed by atoms with Gasteiger partial charge in [0.15, 0.2) is 0 Å². The summed E-state index contributed by atoms with van der Waals surface area (Å²) >= 11 is 1.61. The topological polar surface area (TPSA) is 54.3 Å². The van der Waals surface area contributed by atoms with Crippen LogP contribution in [0.1, 0.15) is 30.3 Å². The maximum absolute atomic E-state index is 12.3. The summed E-state index contributed by atoms with van der Waals surface area (Å²) in [5.41, 5.74) is 1.65. The normalized spacial score (nSPS) is 16.2. The van der Waals surface area contributed by atoms with E-state index in [4.69, 9.17) is 0 Å². The van der Waals surface area contributed by atoms with Crippen LogP contribution in [-0.4, -0.2) is 40.9 Å². The van der Waals surface area contributed by atoms with E-state index >= 15 is 0 Å². The molecule has 2 aromatic heterocycles. The summed E-state index contributed by atoms with van der Waals surface area (Å²) in [5.74, 6) is 0.510. The van der Waals surface area contributed by atoms with Crippen LogP contribution in [0.3, 0.4) is 0 Å². The number of aryl methyl sites for hydroxylation is 1. The molecule has 3 rings (SSSR count). The first kappa shape index (κ1) is 15.1. The number of aromatic nitrogens is 1. The molecule has 22 heavy (non-hydrogen) atoms. The first-order valence-electron chi connectivity index (χ1n) is 7.65. The van der Waals surface area contributed by atoms with E-state index in [0.717, 1.165) is 36.1 Å². The molecule has 0 radical (unpaired) electrons. The molecular weight excluding hydrogens is 298 g/mol. The van der Waals surface area contributed by atoms with Crippen LogP contribution in [0.2, 0.25) is 0 Å². The molecule has 5 nitrogen and oxygen atoms in total. The van der Waals surface area contributed by atoms with Gasteiger partial charge in [-0.1, -0.05) is 6.92 Å². The molecule has 2 aromatic rings. The minimum absolute atomic E-state index is 0.0104. The van der Waals surface area contributed by atoms with Crippen molar-refractivity contribution >= 4 is 33.4 Å². The van der Waals surface area contributed by atoms with Crippen LogP contribution in [0.5, 0.6) is 0 Å². The maximum atomic E-state index is 12.3. The quantitative estimate of drug-likeness (QED) is 0.943. The van der Waals surface area contributed by atoms with Gasteiger partial charge >= 0.3 is 0 Å². The lowest BCUT2D eigenvalue weighted by Crippen LogP contribution is -2.44. The summed E-state index contributed by atoms with van der Waals surface area (Å²) in [6, 6.07) is 3.87. The molecule has 0 unspecified atom stereocenters. The average Bonchev–Trinajstić information content (AvgIpc) is 3.08. The van der Waals surface area contributed by atoms with Crippen molar-refractivity contribution in [3.8, 4) is 0 Å². The van der Waals surface area contributed by atoms with Crippen LogP contribution < -0.4 is 5.32 Å². The second-order valence-corrected chi connectivity index (χ2v) is 6.95. The molecular formula is C16H21N3O2S. The Balaban J connectivity index is 1.59. The van der Waals surface area contributed by atoms with E-state index < -0.39 is 0 Å². The predicted molar refractivity (Wildman–Crippen MR) is 88.1 cm³/mol. The first-order valence-corrected chi connectivity index (χ1v) is 8.53. The average molecular weight is 319 g/mol. The third-order valence-corrected chi connectivity index (χ3v) is 5.29. The van der Waals surface area contributed by atoms with Crippen LogP contribution >= 0.6 is 11.3 Å². The predicted octanol–water partition coefficient (Wildman–Crippen LogP) is 2.23. The van der Waals surface area contributed by atoms with Gasteiger partial charge < -0.3 is 14.8 Å². The highest BCUT2D eigenvalue weighted by Crippen LogP contribution is 2.24. The molecule has 1 fully saturated rings. The molecule has 1 saturated heterocycles. The van der Waals surface area contributed by atoms with E-state index in [2.05, 4.69) is 12.2 Å². The Kier molecular flexibility index (Phi) is 4.20. The van der Waals surface area contributed by atoms with Gasteiger partial charge in [0.25, 0.3) is 5.91 Å². The largest absolute Gasteiger partial charge is 0.342 e. The van der Waals surface area contributed by atoms with Gasteiger partial charge in [-0.2, -0.15) is 0 Å². The van der Waals surface area contributed by atoms with Crippen molar-refractivity contribution in [2.45, 2.75) is 19.8 Å². The molecule has 6 heteroatoms. The Morgan fingerprint density at radius 1 is 1.36 bits per heavy atom. The van der Waals surface area contributed by atoms with Crippen LogP contribution in [0, 0.1) is 5.92 Å². The van der Waals surface area contributed by atoms with E-state index in [0.29, 0.717) is 11.6 Å². The van der Waals surface area contributed by atoms with E-state index in [1.165, 1.54) is 0 Å². The number of hydrogen-bond acceptors (Lipinski definition) is 3. The first-order chi connectivity index (χ1) is 10.6. The second-order valence-electron chi connectivity index (χ2n) is 6.00. The molecule has 1 aliphatic rings. The number of rotatable bonds is 3. The highest BCUT2D eigenvalue weighted by molar-refractivity contribution is 7.17. The Labute approximate surface area is 133 Å². The Morgan fingerprint density at radius 3 is 2.77 bits per heavy atom. The monoisotopic (exact) mass is 319 g/mol. The number of likely N-dealkylation sites (tertiary alicyclic amines) is 1. The van der Waals surface area contributed by atoms with Gasteiger partial charge in [0.1, 0.15) is 5.69 Å². The number of thiophene rings is 1. The maximum Gasteiger partial charge on any atom is 0.268 e. The lowest BCUT2D eigenvalue weighted by Gasteiger charge is -2.30. The fourth-order valence-electron chi connectivity index (χ4n) is 2.88. The number of carbonyl (C=O) groups is 2. The zero-order valence-corrected chi connectivity index (χ0v) is 13.8. The van der Waals surface area contributed by atoms with Gasteiger partial charge in [0.05, 0.1) is 16.8 Å². The summed E-state index contributed by atoms with van der Waals surface area (Å²) in [6.07, 6.45) is 2.10. The molecule has 0 spiro atoms. The summed E-state index contributed by atoms with van der Waals surface area (Å²) in [7, 11) is 1.87. The van der Waals surface area contributed by atoms with Gasteiger partial charge in [-0.15, -0.1) is 11.3 Å². The Hall–Kier alpha value is -1.82. The van der Waals surface area contributed by atoms with Gasteiger partial charge in [0, 0.05) is 20.1 Å². The standard InChI is InChI=1S/C16H21N3O2S/c1-11-3-6-19(7-4-11)15(20)10-17-16(21)13-9-14-12(18(13)2)5-8-22-14/h5,8-9,11H,3-4,6-7,10H2,1-2H3,(H,17,21). The zero-order valence-electron chi connectivity index (χ0n) is 13.0. The van der Waals surface area contributed by atoms with Crippen LogP contribution in [0.4, 0.5) is 0 Å². The number of hydrogen-bond donors (Lipinski definition) is 1. The zero-order chi connectivity index (χ0) is 15.7. The molecule has 0 saturated carbocycles. The van der Waals surface area contributed by atoms with Gasteiger partial charge in [-0.3, -0.25) is 9.59 Å². The fraction of sp³-hybridized carbons (Fsp3) is 0.500. The van der Waals surface area contributed by atoms with Crippen LogP contribution in [-0.2, 0) is 11.8 Å². The smallest absolute Gasteiger partial charge is 0.268 e. The Morgan fingerprint density at radius 2 is 2.09 bits per heavy atom. The van der Waals surface area contributed by atoms with Crippen molar-refractivity contribution in [3.63, 3.8) is 0 Å². The number of amides is 2. The van der Waals surface area contributed by atoms with E-state index in [1.807, 2.05) is 34.0 Å². The third-order valence-electron chi connectivity index (χ3n) is 4.43. The van der Waals surface area contributed by atoms with Crippen molar-refractivity contribution in [3.05, 3.63) is 23.2 Å². The van der Waals surface area contributed by atoms with Crippen molar-refractivity contribution in [1.29, 1.82) is 0 Å². The van der Waals surface area contributed by atoms with Crippen molar-refractivity contribution < 1.29 is 9.59 Å². The van der Waals surface area contributed by atoms with E-state index in [9.17, 15) is 9.59 Å². The molecule has 0 atom stereocenters. The number of nitrogens with one attached hydrogen (secondary N) is 1. The highest BCUT2D eigenvalue weighted by Gasteiger charge is 2.21. The van der Waals surface area contributed by atoms with Crippen molar-refractivity contribution in [1.82, 2.24) is 14.8 Å². The van der Waals surface area contributed by atoms with Crippen LogP contribution in [0.25, 0.3) is 10.2 Å². The summed E-state index contributed by atoms with van der Waals surface area (Å²) in [5, 5.41) is 4.76. The molecule has 1 aliphatic heterocycles. The molecule has 118 valence electrons. The molecule has 0 aliphatic carbocycles. The second kappa shape index (κ2) is 6.12. The van der Waals surface area contributed by atoms with E-state index in [1.54, 1.807) is 11.3 Å². The third kappa shape index (κ3) is 2.88. The summed E-state index contributed by atoms with van der Waals surface area (Å²) < 4.78 is 2.96. The molecule has 2 amide bonds. The fourth-order valence-corrected chi connectivity index (χ4v) is 3.73. The van der Waals surface area contributed by atoms with Gasteiger partial charge in [-0.05, 0) is 36.3 Å². The van der Waals surface area contributed by atoms with Crippen LogP contribution in [0.15, 0.2) is 17.5 Å². The number of fused-ring (bicyclic) bond motifs is 1. The molecule has 0 aromatic carbocycles. The minimum Gasteiger partial charge on any atom is -0.342 e.